The lowest BCUT2D eigenvalue weighted by atomic mass is 9.71. The molecular weight excluding hydrogens is 478 g/mol. The fourth-order valence-corrected chi connectivity index (χ4v) is 5.10. The van der Waals surface area contributed by atoms with Crippen molar-refractivity contribution in [2.24, 2.45) is 0 Å². The summed E-state index contributed by atoms with van der Waals surface area (Å²) >= 11 is 6.15. The normalized spacial score (nSPS) is 20.4. The van der Waals surface area contributed by atoms with Gasteiger partial charge in [-0.15, -0.1) is 0 Å². The van der Waals surface area contributed by atoms with Gasteiger partial charge in [-0.05, 0) is 68.0 Å². The van der Waals surface area contributed by atoms with Crippen LogP contribution >= 0.6 is 11.6 Å². The van der Waals surface area contributed by atoms with E-state index in [2.05, 4.69) is 5.32 Å². The zero-order chi connectivity index (χ0) is 26.0. The van der Waals surface area contributed by atoms with Gasteiger partial charge in [-0.25, -0.2) is 4.79 Å². The summed E-state index contributed by atoms with van der Waals surface area (Å²) in [4.78, 5) is 27.1. The first-order valence-electron chi connectivity index (χ1n) is 12.2. The fourth-order valence-electron chi connectivity index (χ4n) is 4.97. The number of halogens is 1. The highest BCUT2D eigenvalue weighted by Crippen LogP contribution is 2.46. The van der Waals surface area contributed by atoms with Crippen LogP contribution in [0.1, 0.15) is 63.0 Å². The molecule has 1 aliphatic carbocycles. The Bertz CT molecular complexity index is 1230. The van der Waals surface area contributed by atoms with E-state index in [0.717, 1.165) is 16.8 Å². The Morgan fingerprint density at radius 1 is 1.06 bits per heavy atom. The Labute approximate surface area is 217 Å². The maximum absolute atomic E-state index is 13.7. The van der Waals surface area contributed by atoms with Crippen LogP contribution in [0, 0.1) is 0 Å². The number of benzene rings is 2. The van der Waals surface area contributed by atoms with E-state index < -0.39 is 11.9 Å². The molecule has 36 heavy (non-hydrogen) atoms. The molecule has 0 amide bonds. The number of carbonyl (C=O) groups is 2. The quantitative estimate of drug-likeness (QED) is 0.457. The third-order valence-corrected chi connectivity index (χ3v) is 7.26. The Hall–Kier alpha value is -3.25. The molecule has 0 radical (unpaired) electrons. The summed E-state index contributed by atoms with van der Waals surface area (Å²) in [5, 5.41) is 3.98. The van der Waals surface area contributed by atoms with Crippen LogP contribution in [0.4, 0.5) is 0 Å². The minimum atomic E-state index is -0.520. The molecule has 0 bridgehead atoms. The first-order chi connectivity index (χ1) is 17.3. The molecule has 0 saturated heterocycles. The molecule has 7 heteroatoms. The van der Waals surface area contributed by atoms with Gasteiger partial charge in [0.2, 0.25) is 0 Å². The number of methoxy groups -OCH3 is 2. The molecule has 1 aliphatic heterocycles. The van der Waals surface area contributed by atoms with Crippen molar-refractivity contribution in [3.63, 3.8) is 0 Å². The lowest BCUT2D eigenvalue weighted by Gasteiger charge is -2.37. The second-order valence-corrected chi connectivity index (χ2v) is 9.74. The van der Waals surface area contributed by atoms with Crippen molar-refractivity contribution in [2.75, 3.05) is 14.2 Å². The molecule has 0 fully saturated rings. The van der Waals surface area contributed by atoms with Crippen LogP contribution in [-0.4, -0.2) is 32.1 Å². The molecule has 0 aromatic heterocycles. The fraction of sp³-hybridized carbons (Fsp3) is 0.379. The highest BCUT2D eigenvalue weighted by molar-refractivity contribution is 6.30. The van der Waals surface area contributed by atoms with Crippen LogP contribution in [0.3, 0.4) is 0 Å². The molecule has 2 aromatic carbocycles. The minimum Gasteiger partial charge on any atom is -0.493 e. The summed E-state index contributed by atoms with van der Waals surface area (Å²) in [5.41, 5.74) is 4.46. The maximum Gasteiger partial charge on any atom is 0.337 e. The van der Waals surface area contributed by atoms with E-state index in [1.807, 2.05) is 51.1 Å². The van der Waals surface area contributed by atoms with Gasteiger partial charge in [-0.2, -0.15) is 0 Å². The molecule has 2 aliphatic rings. The lowest BCUT2D eigenvalue weighted by Crippen LogP contribution is -2.36. The predicted molar refractivity (Wildman–Crippen MR) is 139 cm³/mol. The monoisotopic (exact) mass is 509 g/mol. The Morgan fingerprint density at radius 2 is 1.72 bits per heavy atom. The average Bonchev–Trinajstić information content (AvgIpc) is 2.87. The molecule has 2 aromatic rings. The van der Waals surface area contributed by atoms with Crippen molar-refractivity contribution >= 4 is 23.4 Å². The number of ketones is 1. The molecule has 4 rings (SSSR count). The predicted octanol–water partition coefficient (Wildman–Crippen LogP) is 6.06. The summed E-state index contributed by atoms with van der Waals surface area (Å²) in [5.74, 6) is 0.319. The van der Waals surface area contributed by atoms with Gasteiger partial charge in [0.05, 0.1) is 25.9 Å². The number of hydrogen-bond acceptors (Lipinski definition) is 6. The lowest BCUT2D eigenvalue weighted by molar-refractivity contribution is -0.144. The third kappa shape index (κ3) is 5.00. The SMILES string of the molecule is CC[C@H](C)OC(=O)C1=C(C)NC2=C(C(=O)C[C@H](c3ccc(OC)c(OC)c3)C2)[C@H]1c1ccc(Cl)cc1. The second kappa shape index (κ2) is 10.8. The summed E-state index contributed by atoms with van der Waals surface area (Å²) in [6, 6.07) is 13.1. The van der Waals surface area contributed by atoms with Crippen molar-refractivity contribution in [3.05, 3.63) is 81.2 Å². The van der Waals surface area contributed by atoms with Crippen molar-refractivity contribution in [3.8, 4) is 11.5 Å². The first kappa shape index (κ1) is 25.8. The molecular formula is C29H32ClNO5. The van der Waals surface area contributed by atoms with Crippen molar-refractivity contribution in [1.82, 2.24) is 5.32 Å². The minimum absolute atomic E-state index is 0.00447. The van der Waals surface area contributed by atoms with E-state index in [-0.39, 0.29) is 17.8 Å². The summed E-state index contributed by atoms with van der Waals surface area (Å²) in [7, 11) is 3.20. The second-order valence-electron chi connectivity index (χ2n) is 9.31. The summed E-state index contributed by atoms with van der Waals surface area (Å²) < 4.78 is 16.6. The number of carbonyl (C=O) groups excluding carboxylic acids is 2. The van der Waals surface area contributed by atoms with Crippen LogP contribution in [-0.2, 0) is 14.3 Å². The smallest absolute Gasteiger partial charge is 0.337 e. The van der Waals surface area contributed by atoms with E-state index in [9.17, 15) is 9.59 Å². The van der Waals surface area contributed by atoms with E-state index in [4.69, 9.17) is 25.8 Å². The summed E-state index contributed by atoms with van der Waals surface area (Å²) in [6.07, 6.45) is 1.44. The number of rotatable bonds is 7. The zero-order valence-corrected chi connectivity index (χ0v) is 22.1. The number of Topliss-reactive ketones (excluding diaryl/α,β-unsaturated/α-hetero) is 1. The Morgan fingerprint density at radius 3 is 2.36 bits per heavy atom. The molecule has 190 valence electrons. The van der Waals surface area contributed by atoms with E-state index in [1.165, 1.54) is 0 Å². The van der Waals surface area contributed by atoms with Gasteiger partial charge in [0.15, 0.2) is 17.3 Å². The molecule has 0 unspecified atom stereocenters. The van der Waals surface area contributed by atoms with Crippen LogP contribution in [0.15, 0.2) is 65.0 Å². The van der Waals surface area contributed by atoms with Gasteiger partial charge in [0.1, 0.15) is 0 Å². The van der Waals surface area contributed by atoms with Gasteiger partial charge >= 0.3 is 5.97 Å². The number of hydrogen-bond donors (Lipinski definition) is 1. The topological polar surface area (TPSA) is 73.9 Å². The van der Waals surface area contributed by atoms with E-state index in [0.29, 0.717) is 52.6 Å². The van der Waals surface area contributed by atoms with Crippen molar-refractivity contribution in [1.29, 1.82) is 0 Å². The Balaban J connectivity index is 1.76. The molecule has 0 spiro atoms. The van der Waals surface area contributed by atoms with E-state index >= 15 is 0 Å². The highest BCUT2D eigenvalue weighted by atomic mass is 35.5. The van der Waals surface area contributed by atoms with Gasteiger partial charge < -0.3 is 19.5 Å². The standard InChI is InChI=1S/C29H32ClNO5/c1-6-16(2)36-29(33)26-17(3)31-22-13-20(19-9-12-24(34-4)25(15-19)35-5)14-23(32)28(22)27(26)18-7-10-21(30)11-8-18/h7-12,15-16,20,27,31H,6,13-14H2,1-5H3/t16-,20+,27-/m0/s1. The number of ether oxygens (including phenoxy) is 3. The van der Waals surface area contributed by atoms with Crippen molar-refractivity contribution in [2.45, 2.75) is 58.0 Å². The molecule has 0 saturated carbocycles. The number of esters is 1. The molecule has 6 nitrogen and oxygen atoms in total. The molecule has 1 heterocycles. The third-order valence-electron chi connectivity index (χ3n) is 7.01. The maximum atomic E-state index is 13.7. The number of allylic oxidation sites excluding steroid dienone is 3. The molecule has 3 atom stereocenters. The Kier molecular flexibility index (Phi) is 7.74. The molecule has 1 N–H and O–H groups in total. The number of dihydropyridines is 1. The van der Waals surface area contributed by atoms with Crippen LogP contribution in [0.2, 0.25) is 5.02 Å². The number of nitrogens with one attached hydrogen (secondary N) is 1. The summed E-state index contributed by atoms with van der Waals surface area (Å²) in [6.45, 7) is 5.70. The average molecular weight is 510 g/mol. The first-order valence-corrected chi connectivity index (χ1v) is 12.6. The van der Waals surface area contributed by atoms with Gasteiger partial charge in [-0.1, -0.05) is 36.7 Å². The highest BCUT2D eigenvalue weighted by Gasteiger charge is 2.41. The van der Waals surface area contributed by atoms with Crippen molar-refractivity contribution < 1.29 is 23.8 Å². The largest absolute Gasteiger partial charge is 0.493 e. The van der Waals surface area contributed by atoms with Gasteiger partial charge in [0, 0.05) is 34.3 Å². The van der Waals surface area contributed by atoms with Crippen LogP contribution in [0.25, 0.3) is 0 Å². The van der Waals surface area contributed by atoms with Gasteiger partial charge in [0.25, 0.3) is 0 Å². The van der Waals surface area contributed by atoms with Crippen LogP contribution < -0.4 is 14.8 Å². The van der Waals surface area contributed by atoms with E-state index in [1.54, 1.807) is 26.4 Å². The zero-order valence-electron chi connectivity index (χ0n) is 21.3. The van der Waals surface area contributed by atoms with Crippen LogP contribution in [0.5, 0.6) is 11.5 Å². The van der Waals surface area contributed by atoms with Gasteiger partial charge in [-0.3, -0.25) is 4.79 Å².